The Bertz CT molecular complexity index is 1330. The van der Waals surface area contributed by atoms with E-state index in [1.807, 2.05) is 30.3 Å². The van der Waals surface area contributed by atoms with Crippen molar-refractivity contribution in [2.75, 3.05) is 5.75 Å². The molecular weight excluding hydrogens is 458 g/mol. The Morgan fingerprint density at radius 1 is 0.912 bits per heavy atom. The van der Waals surface area contributed by atoms with E-state index in [2.05, 4.69) is 15.3 Å². The number of amides is 1. The van der Waals surface area contributed by atoms with Gasteiger partial charge in [0.1, 0.15) is 11.6 Å². The highest BCUT2D eigenvalue weighted by Gasteiger charge is 2.33. The lowest BCUT2D eigenvalue weighted by Crippen LogP contribution is -2.28. The Morgan fingerprint density at radius 3 is 2.29 bits per heavy atom. The van der Waals surface area contributed by atoms with E-state index >= 15 is 0 Å². The van der Waals surface area contributed by atoms with Crippen LogP contribution in [0, 0.1) is 11.6 Å². The molecule has 0 radical (unpaired) electrons. The monoisotopic (exact) mass is 476 g/mol. The van der Waals surface area contributed by atoms with Crippen molar-refractivity contribution in [2.45, 2.75) is 17.7 Å². The summed E-state index contributed by atoms with van der Waals surface area (Å²) in [4.78, 5) is 13.2. The molecular formula is C25H18F2N4O2S. The van der Waals surface area contributed by atoms with Crippen LogP contribution in [-0.2, 0) is 4.79 Å². The van der Waals surface area contributed by atoms with E-state index in [1.54, 1.807) is 24.3 Å². The molecule has 6 nitrogen and oxygen atoms in total. The zero-order chi connectivity index (χ0) is 23.5. The van der Waals surface area contributed by atoms with Crippen molar-refractivity contribution in [1.82, 2.24) is 15.2 Å². The average molecular weight is 477 g/mol. The second kappa shape index (κ2) is 9.56. The molecule has 1 aliphatic heterocycles. The van der Waals surface area contributed by atoms with Gasteiger partial charge in [0.2, 0.25) is 5.89 Å². The van der Waals surface area contributed by atoms with Gasteiger partial charge < -0.3 is 4.42 Å². The first-order valence-corrected chi connectivity index (χ1v) is 11.5. The van der Waals surface area contributed by atoms with E-state index in [4.69, 9.17) is 4.42 Å². The minimum Gasteiger partial charge on any atom is -0.411 e. The Balaban J connectivity index is 1.34. The molecule has 0 unspecified atom stereocenters. The number of thioether (sulfide) groups is 1. The predicted molar refractivity (Wildman–Crippen MR) is 124 cm³/mol. The van der Waals surface area contributed by atoms with Crippen molar-refractivity contribution in [1.29, 1.82) is 0 Å². The van der Waals surface area contributed by atoms with E-state index in [9.17, 15) is 13.6 Å². The third-order valence-electron chi connectivity index (χ3n) is 5.34. The van der Waals surface area contributed by atoms with Crippen LogP contribution in [0.3, 0.4) is 0 Å². The number of benzene rings is 3. The molecule has 9 heteroatoms. The topological polar surface area (TPSA) is 71.6 Å². The fourth-order valence-corrected chi connectivity index (χ4v) is 4.27. The standard InChI is InChI=1S/C25H18F2N4O2S/c26-19-10-6-16(7-11-19)21-14-22(17-8-12-20(27)13-9-17)31(30-21)23(32)15-34-25-29-28-24(33-25)18-4-2-1-3-5-18/h1-13,22H,14-15H2/t22-/m1/s1. The zero-order valence-electron chi connectivity index (χ0n) is 17.8. The number of hydrazone groups is 1. The summed E-state index contributed by atoms with van der Waals surface area (Å²) in [6.45, 7) is 0. The van der Waals surface area contributed by atoms with Gasteiger partial charge in [-0.3, -0.25) is 4.79 Å². The van der Waals surface area contributed by atoms with Gasteiger partial charge >= 0.3 is 0 Å². The third kappa shape index (κ3) is 4.74. The smallest absolute Gasteiger partial charge is 0.277 e. The van der Waals surface area contributed by atoms with Crippen molar-refractivity contribution in [3.63, 3.8) is 0 Å². The molecule has 4 aromatic rings. The van der Waals surface area contributed by atoms with Gasteiger partial charge in [0.15, 0.2) is 0 Å². The molecule has 0 spiro atoms. The molecule has 0 saturated carbocycles. The second-order valence-corrected chi connectivity index (χ2v) is 8.52. The molecule has 2 heterocycles. The Kier molecular flexibility index (Phi) is 6.18. The molecule has 0 fully saturated rings. The molecule has 0 N–H and O–H groups in total. The Morgan fingerprint density at radius 2 is 1.59 bits per heavy atom. The number of halogens is 2. The van der Waals surface area contributed by atoms with Crippen LogP contribution in [-0.4, -0.2) is 32.6 Å². The largest absolute Gasteiger partial charge is 0.411 e. The van der Waals surface area contributed by atoms with Gasteiger partial charge in [0.25, 0.3) is 11.1 Å². The van der Waals surface area contributed by atoms with Crippen molar-refractivity contribution >= 4 is 23.4 Å². The van der Waals surface area contributed by atoms with Gasteiger partial charge in [-0.1, -0.05) is 54.2 Å². The lowest BCUT2D eigenvalue weighted by molar-refractivity contribution is -0.130. The van der Waals surface area contributed by atoms with Gasteiger partial charge in [-0.2, -0.15) is 5.10 Å². The maximum Gasteiger partial charge on any atom is 0.277 e. The number of aromatic nitrogens is 2. The van der Waals surface area contributed by atoms with Crippen LogP contribution >= 0.6 is 11.8 Å². The molecule has 3 aromatic carbocycles. The maximum absolute atomic E-state index is 13.5. The SMILES string of the molecule is O=C(CSc1nnc(-c2ccccc2)o1)N1N=C(c2ccc(F)cc2)C[C@@H]1c1ccc(F)cc1. The molecule has 0 bridgehead atoms. The van der Waals surface area contributed by atoms with Crippen molar-refractivity contribution in [2.24, 2.45) is 5.10 Å². The third-order valence-corrected chi connectivity index (χ3v) is 6.15. The fourth-order valence-electron chi connectivity index (χ4n) is 3.66. The summed E-state index contributed by atoms with van der Waals surface area (Å²) >= 11 is 1.12. The van der Waals surface area contributed by atoms with Crippen LogP contribution in [0.1, 0.15) is 23.6 Å². The van der Waals surface area contributed by atoms with Crippen LogP contribution < -0.4 is 0 Å². The first-order valence-electron chi connectivity index (χ1n) is 10.5. The number of hydrogen-bond acceptors (Lipinski definition) is 6. The number of rotatable bonds is 6. The Hall–Kier alpha value is -3.85. The van der Waals surface area contributed by atoms with Gasteiger partial charge in [0, 0.05) is 12.0 Å². The van der Waals surface area contributed by atoms with Crippen LogP contribution in [0.4, 0.5) is 8.78 Å². The summed E-state index contributed by atoms with van der Waals surface area (Å²) in [7, 11) is 0. The molecule has 34 heavy (non-hydrogen) atoms. The molecule has 0 aliphatic carbocycles. The summed E-state index contributed by atoms with van der Waals surface area (Å²) in [6.07, 6.45) is 0.423. The molecule has 1 aromatic heterocycles. The number of carbonyl (C=O) groups is 1. The second-order valence-electron chi connectivity index (χ2n) is 7.59. The molecule has 1 aliphatic rings. The van der Waals surface area contributed by atoms with Crippen LogP contribution in [0.15, 0.2) is 93.6 Å². The quantitative estimate of drug-likeness (QED) is 0.345. The van der Waals surface area contributed by atoms with Crippen LogP contribution in [0.5, 0.6) is 0 Å². The number of hydrogen-bond donors (Lipinski definition) is 0. The average Bonchev–Trinajstić information content (AvgIpc) is 3.52. The van der Waals surface area contributed by atoms with Gasteiger partial charge in [-0.25, -0.2) is 13.8 Å². The summed E-state index contributed by atoms with van der Waals surface area (Å²) in [5, 5.41) is 14.3. The van der Waals surface area contributed by atoms with Gasteiger partial charge in [0.05, 0.1) is 17.5 Å². The van der Waals surface area contributed by atoms with Gasteiger partial charge in [-0.05, 0) is 47.5 Å². The zero-order valence-corrected chi connectivity index (χ0v) is 18.6. The van der Waals surface area contributed by atoms with E-state index in [-0.39, 0.29) is 28.5 Å². The molecule has 1 atom stereocenters. The lowest BCUT2D eigenvalue weighted by atomic mass is 9.98. The highest BCUT2D eigenvalue weighted by Crippen LogP contribution is 2.34. The van der Waals surface area contributed by atoms with Crippen molar-refractivity contribution in [3.8, 4) is 11.5 Å². The fraction of sp³-hybridized carbons (Fsp3) is 0.120. The van der Waals surface area contributed by atoms with E-state index in [0.717, 1.165) is 28.5 Å². The summed E-state index contributed by atoms with van der Waals surface area (Å²) in [6, 6.07) is 20.9. The highest BCUT2D eigenvalue weighted by atomic mass is 32.2. The lowest BCUT2D eigenvalue weighted by Gasteiger charge is -2.21. The van der Waals surface area contributed by atoms with Crippen LogP contribution in [0.25, 0.3) is 11.5 Å². The first-order chi connectivity index (χ1) is 16.6. The predicted octanol–water partition coefficient (Wildman–Crippen LogP) is 5.48. The van der Waals surface area contributed by atoms with Gasteiger partial charge in [-0.15, -0.1) is 10.2 Å². The number of nitrogens with zero attached hydrogens (tertiary/aromatic N) is 4. The number of carbonyl (C=O) groups excluding carboxylic acids is 1. The minimum atomic E-state index is -0.406. The van der Waals surface area contributed by atoms with E-state index in [1.165, 1.54) is 29.3 Å². The molecule has 5 rings (SSSR count). The van der Waals surface area contributed by atoms with Crippen molar-refractivity contribution in [3.05, 3.63) is 102 Å². The summed E-state index contributed by atoms with van der Waals surface area (Å²) in [5.41, 5.74) is 2.92. The maximum atomic E-state index is 13.5. The summed E-state index contributed by atoms with van der Waals surface area (Å²) < 4.78 is 32.5. The molecule has 1 amide bonds. The minimum absolute atomic E-state index is 0.0221. The Labute approximate surface area is 198 Å². The highest BCUT2D eigenvalue weighted by molar-refractivity contribution is 7.99. The van der Waals surface area contributed by atoms with Crippen molar-refractivity contribution < 1.29 is 18.0 Å². The first kappa shape index (κ1) is 22.0. The molecule has 170 valence electrons. The molecule has 0 saturated heterocycles. The van der Waals surface area contributed by atoms with E-state index in [0.29, 0.717) is 18.0 Å². The van der Waals surface area contributed by atoms with Crippen LogP contribution in [0.2, 0.25) is 0 Å². The summed E-state index contributed by atoms with van der Waals surface area (Å²) in [5.74, 6) is -0.584. The normalized spacial score (nSPS) is 15.4. The van der Waals surface area contributed by atoms with E-state index < -0.39 is 6.04 Å².